The van der Waals surface area contributed by atoms with Crippen molar-refractivity contribution >= 4 is 11.6 Å². The number of amides is 1. The molecular formula is C9H6F2N2O. The molecule has 0 unspecified atom stereocenters. The number of carbonyl (C=O) groups excluding carboxylic acids is 1. The summed E-state index contributed by atoms with van der Waals surface area (Å²) in [5.41, 5.74) is 0.00685. The van der Waals surface area contributed by atoms with Gasteiger partial charge in [-0.25, -0.2) is 8.78 Å². The second-order valence-corrected chi connectivity index (χ2v) is 2.49. The van der Waals surface area contributed by atoms with Crippen molar-refractivity contribution in [1.29, 1.82) is 5.26 Å². The van der Waals surface area contributed by atoms with E-state index < -0.39 is 18.4 Å². The molecule has 0 saturated carbocycles. The van der Waals surface area contributed by atoms with Crippen LogP contribution in [-0.2, 0) is 4.79 Å². The summed E-state index contributed by atoms with van der Waals surface area (Å²) in [5, 5.41) is 10.4. The van der Waals surface area contributed by atoms with E-state index in [1.165, 1.54) is 12.1 Å². The van der Waals surface area contributed by atoms with Crippen LogP contribution in [0.4, 0.5) is 14.5 Å². The van der Waals surface area contributed by atoms with Crippen molar-refractivity contribution in [2.24, 2.45) is 0 Å². The van der Waals surface area contributed by atoms with Gasteiger partial charge in [0.05, 0.1) is 17.3 Å². The molecule has 3 nitrogen and oxygen atoms in total. The average Bonchev–Trinajstić information content (AvgIpc) is 2.20. The van der Waals surface area contributed by atoms with Gasteiger partial charge in [0.1, 0.15) is 5.82 Å². The van der Waals surface area contributed by atoms with E-state index in [2.05, 4.69) is 0 Å². The van der Waals surface area contributed by atoms with Gasteiger partial charge in [-0.1, -0.05) is 0 Å². The van der Waals surface area contributed by atoms with E-state index in [-0.39, 0.29) is 11.3 Å². The van der Waals surface area contributed by atoms with Gasteiger partial charge in [-0.2, -0.15) is 5.26 Å². The molecule has 0 fully saturated rings. The summed E-state index contributed by atoms with van der Waals surface area (Å²) in [6.07, 6.45) is 0. The molecule has 72 valence electrons. The quantitative estimate of drug-likeness (QED) is 0.781. The highest BCUT2D eigenvalue weighted by Crippen LogP contribution is 2.14. The Morgan fingerprint density at radius 2 is 2.29 bits per heavy atom. The van der Waals surface area contributed by atoms with Crippen LogP contribution in [0.15, 0.2) is 18.2 Å². The summed E-state index contributed by atoms with van der Waals surface area (Å²) < 4.78 is 24.8. The maximum absolute atomic E-state index is 13.0. The summed E-state index contributed by atoms with van der Waals surface area (Å²) in [7, 11) is 0. The fourth-order valence-corrected chi connectivity index (χ4v) is 0.870. The first-order chi connectivity index (χ1) is 6.67. The highest BCUT2D eigenvalue weighted by atomic mass is 19.1. The van der Waals surface area contributed by atoms with Crippen molar-refractivity contribution in [3.8, 4) is 6.07 Å². The highest BCUT2D eigenvalue weighted by molar-refractivity contribution is 5.91. The lowest BCUT2D eigenvalue weighted by Gasteiger charge is -2.03. The number of hydrogen-bond acceptors (Lipinski definition) is 2. The Balaban J connectivity index is 2.90. The van der Waals surface area contributed by atoms with Gasteiger partial charge in [0.2, 0.25) is 0 Å². The molecule has 0 aromatic heterocycles. The van der Waals surface area contributed by atoms with E-state index >= 15 is 0 Å². The van der Waals surface area contributed by atoms with E-state index in [0.29, 0.717) is 0 Å². The first-order valence-corrected chi connectivity index (χ1v) is 3.73. The van der Waals surface area contributed by atoms with Crippen LogP contribution >= 0.6 is 0 Å². The summed E-state index contributed by atoms with van der Waals surface area (Å²) in [6.45, 7) is -1.21. The number of alkyl halides is 1. The SMILES string of the molecule is N#Cc1ccc(NC(=O)CF)c(F)c1. The maximum Gasteiger partial charge on any atom is 0.255 e. The molecule has 14 heavy (non-hydrogen) atoms. The van der Waals surface area contributed by atoms with Crippen LogP contribution in [-0.4, -0.2) is 12.6 Å². The molecule has 0 aliphatic carbocycles. The van der Waals surface area contributed by atoms with Crippen molar-refractivity contribution in [2.75, 3.05) is 12.0 Å². The second-order valence-electron chi connectivity index (χ2n) is 2.49. The van der Waals surface area contributed by atoms with E-state index in [1.54, 1.807) is 6.07 Å². The number of nitriles is 1. The minimum absolute atomic E-state index is 0.133. The molecule has 1 N–H and O–H groups in total. The fourth-order valence-electron chi connectivity index (χ4n) is 0.870. The molecule has 1 amide bonds. The van der Waals surface area contributed by atoms with Gasteiger partial charge in [-0.05, 0) is 18.2 Å². The zero-order valence-corrected chi connectivity index (χ0v) is 7.05. The zero-order valence-electron chi connectivity index (χ0n) is 7.05. The number of nitrogens with one attached hydrogen (secondary N) is 1. The van der Waals surface area contributed by atoms with Gasteiger partial charge < -0.3 is 5.32 Å². The molecule has 5 heteroatoms. The predicted molar refractivity (Wildman–Crippen MR) is 45.7 cm³/mol. The Morgan fingerprint density at radius 3 is 2.79 bits per heavy atom. The standard InChI is InChI=1S/C9H6F2N2O/c10-4-9(14)13-8-2-1-6(5-12)3-7(8)11/h1-3H,4H2,(H,13,14). The highest BCUT2D eigenvalue weighted by Gasteiger charge is 2.06. The molecule has 0 radical (unpaired) electrons. The molecule has 0 aliphatic heterocycles. The van der Waals surface area contributed by atoms with Crippen molar-refractivity contribution in [1.82, 2.24) is 0 Å². The second kappa shape index (κ2) is 4.33. The molecular weight excluding hydrogens is 190 g/mol. The molecule has 0 spiro atoms. The number of carbonyl (C=O) groups is 1. The Kier molecular flexibility index (Phi) is 3.13. The number of anilines is 1. The monoisotopic (exact) mass is 196 g/mol. The molecule has 0 heterocycles. The van der Waals surface area contributed by atoms with E-state index in [9.17, 15) is 13.6 Å². The number of nitrogens with zero attached hydrogens (tertiary/aromatic N) is 1. The molecule has 0 atom stereocenters. The van der Waals surface area contributed by atoms with Gasteiger partial charge >= 0.3 is 0 Å². The first-order valence-electron chi connectivity index (χ1n) is 3.73. The number of benzene rings is 1. The van der Waals surface area contributed by atoms with Crippen molar-refractivity contribution in [2.45, 2.75) is 0 Å². The molecule has 1 aromatic rings. The Hall–Kier alpha value is -1.96. The third-order valence-electron chi connectivity index (χ3n) is 1.49. The lowest BCUT2D eigenvalue weighted by molar-refractivity contribution is -0.117. The van der Waals surface area contributed by atoms with E-state index in [4.69, 9.17) is 5.26 Å². The van der Waals surface area contributed by atoms with Crippen LogP contribution in [0.3, 0.4) is 0 Å². The summed E-state index contributed by atoms with van der Waals surface area (Å²) in [4.78, 5) is 10.6. The molecule has 1 aromatic carbocycles. The Labute approximate surface area is 79.0 Å². The van der Waals surface area contributed by atoms with Crippen LogP contribution in [0.2, 0.25) is 0 Å². The number of hydrogen-bond donors (Lipinski definition) is 1. The van der Waals surface area contributed by atoms with Crippen LogP contribution in [0.1, 0.15) is 5.56 Å². The lowest BCUT2D eigenvalue weighted by atomic mass is 10.2. The van der Waals surface area contributed by atoms with Crippen LogP contribution < -0.4 is 5.32 Å². The fraction of sp³-hybridized carbons (Fsp3) is 0.111. The third-order valence-corrected chi connectivity index (χ3v) is 1.49. The molecule has 0 saturated heterocycles. The topological polar surface area (TPSA) is 52.9 Å². The van der Waals surface area contributed by atoms with Crippen LogP contribution in [0.5, 0.6) is 0 Å². The summed E-state index contributed by atoms with van der Waals surface area (Å²) in [5.74, 6) is -1.68. The van der Waals surface area contributed by atoms with Gasteiger partial charge in [0, 0.05) is 0 Å². The Bertz CT molecular complexity index is 398. The maximum atomic E-state index is 13.0. The predicted octanol–water partition coefficient (Wildman–Crippen LogP) is 1.61. The Morgan fingerprint density at radius 1 is 1.57 bits per heavy atom. The zero-order chi connectivity index (χ0) is 10.6. The van der Waals surface area contributed by atoms with Gasteiger partial charge in [-0.3, -0.25) is 4.79 Å². The van der Waals surface area contributed by atoms with Gasteiger partial charge in [0.25, 0.3) is 5.91 Å². The molecule has 0 aliphatic rings. The number of rotatable bonds is 2. The minimum Gasteiger partial charge on any atom is -0.321 e. The van der Waals surface area contributed by atoms with Crippen molar-refractivity contribution in [3.63, 3.8) is 0 Å². The third kappa shape index (κ3) is 2.26. The largest absolute Gasteiger partial charge is 0.321 e. The van der Waals surface area contributed by atoms with Gasteiger partial charge in [0.15, 0.2) is 6.67 Å². The van der Waals surface area contributed by atoms with Crippen molar-refractivity contribution < 1.29 is 13.6 Å². The van der Waals surface area contributed by atoms with Crippen molar-refractivity contribution in [3.05, 3.63) is 29.6 Å². The van der Waals surface area contributed by atoms with E-state index in [0.717, 1.165) is 6.07 Å². The van der Waals surface area contributed by atoms with Crippen LogP contribution in [0.25, 0.3) is 0 Å². The van der Waals surface area contributed by atoms with E-state index in [1.807, 2.05) is 5.32 Å². The molecule has 0 bridgehead atoms. The van der Waals surface area contributed by atoms with Gasteiger partial charge in [-0.15, -0.1) is 0 Å². The smallest absolute Gasteiger partial charge is 0.255 e. The minimum atomic E-state index is -1.21. The number of halogens is 2. The van der Waals surface area contributed by atoms with Crippen LogP contribution in [0, 0.1) is 17.1 Å². The average molecular weight is 196 g/mol. The normalized spacial score (nSPS) is 9.21. The molecule has 1 rings (SSSR count). The first kappa shape index (κ1) is 10.1. The summed E-state index contributed by atoms with van der Waals surface area (Å²) >= 11 is 0. The lowest BCUT2D eigenvalue weighted by Crippen LogP contribution is -2.14. The summed E-state index contributed by atoms with van der Waals surface area (Å²) in [6, 6.07) is 5.24.